The van der Waals surface area contributed by atoms with E-state index in [2.05, 4.69) is 48.0 Å². The molecule has 1 saturated heterocycles. The van der Waals surface area contributed by atoms with Crippen LogP contribution < -0.4 is 4.90 Å². The van der Waals surface area contributed by atoms with Gasteiger partial charge in [0.1, 0.15) is 0 Å². The van der Waals surface area contributed by atoms with E-state index in [-0.39, 0.29) is 11.9 Å². The highest BCUT2D eigenvalue weighted by Gasteiger charge is 2.27. The number of pyridine rings is 1. The molecule has 0 N–H and O–H groups in total. The highest BCUT2D eigenvalue weighted by molar-refractivity contribution is 5.77. The van der Waals surface area contributed by atoms with Gasteiger partial charge in [0.15, 0.2) is 0 Å². The zero-order chi connectivity index (χ0) is 16.9. The van der Waals surface area contributed by atoms with Crippen LogP contribution >= 0.6 is 0 Å². The Hall–Kier alpha value is -2.36. The van der Waals surface area contributed by atoms with Crippen molar-refractivity contribution >= 4 is 11.6 Å². The fourth-order valence-corrected chi connectivity index (χ4v) is 3.39. The zero-order valence-electron chi connectivity index (χ0n) is 14.5. The third-order valence-corrected chi connectivity index (χ3v) is 4.73. The van der Waals surface area contributed by atoms with Crippen molar-refractivity contribution in [3.63, 3.8) is 0 Å². The molecule has 1 fully saturated rings. The molecule has 1 aliphatic heterocycles. The Kier molecular flexibility index (Phi) is 5.14. The summed E-state index contributed by atoms with van der Waals surface area (Å²) >= 11 is 0. The molecule has 0 unspecified atom stereocenters. The van der Waals surface area contributed by atoms with Crippen molar-refractivity contribution in [2.75, 3.05) is 24.5 Å². The van der Waals surface area contributed by atoms with Crippen LogP contribution in [0.2, 0.25) is 0 Å². The van der Waals surface area contributed by atoms with E-state index in [9.17, 15) is 4.79 Å². The summed E-state index contributed by atoms with van der Waals surface area (Å²) in [4.78, 5) is 21.3. The molecule has 2 heterocycles. The lowest BCUT2D eigenvalue weighted by Crippen LogP contribution is -2.54. The highest BCUT2D eigenvalue weighted by Crippen LogP contribution is 2.23. The Morgan fingerprint density at radius 1 is 1.17 bits per heavy atom. The van der Waals surface area contributed by atoms with E-state index in [1.807, 2.05) is 23.1 Å². The summed E-state index contributed by atoms with van der Waals surface area (Å²) in [5.74, 6) is 0.234. The number of carbonyl (C=O) groups is 1. The maximum Gasteiger partial charge on any atom is 0.223 e. The normalized spacial score (nSPS) is 17.8. The van der Waals surface area contributed by atoms with Gasteiger partial charge >= 0.3 is 0 Å². The molecule has 0 saturated carbocycles. The van der Waals surface area contributed by atoms with Gasteiger partial charge in [0.05, 0.1) is 0 Å². The first-order chi connectivity index (χ1) is 11.6. The van der Waals surface area contributed by atoms with Gasteiger partial charge in [0, 0.05) is 49.7 Å². The summed E-state index contributed by atoms with van der Waals surface area (Å²) in [5, 5.41) is 0. The summed E-state index contributed by atoms with van der Waals surface area (Å²) in [6.45, 7) is 6.86. The summed E-state index contributed by atoms with van der Waals surface area (Å²) in [7, 11) is 0. The molecule has 0 aliphatic carbocycles. The average Bonchev–Trinajstić information content (AvgIpc) is 2.61. The number of hydrogen-bond donors (Lipinski definition) is 0. The highest BCUT2D eigenvalue weighted by atomic mass is 16.2. The van der Waals surface area contributed by atoms with Crippen LogP contribution in [0.5, 0.6) is 0 Å². The van der Waals surface area contributed by atoms with Crippen LogP contribution in [-0.4, -0.2) is 41.5 Å². The van der Waals surface area contributed by atoms with Crippen molar-refractivity contribution in [2.45, 2.75) is 32.7 Å². The summed E-state index contributed by atoms with van der Waals surface area (Å²) in [5.41, 5.74) is 3.56. The van der Waals surface area contributed by atoms with Crippen molar-refractivity contribution in [3.8, 4) is 0 Å². The maximum absolute atomic E-state index is 12.6. The second kappa shape index (κ2) is 7.47. The molecule has 4 nitrogen and oxygen atoms in total. The van der Waals surface area contributed by atoms with Gasteiger partial charge in [-0.1, -0.05) is 24.3 Å². The number of hydrogen-bond acceptors (Lipinski definition) is 3. The number of aromatic nitrogens is 1. The van der Waals surface area contributed by atoms with E-state index >= 15 is 0 Å². The Bertz CT molecular complexity index is 686. The monoisotopic (exact) mass is 323 g/mol. The van der Waals surface area contributed by atoms with Crippen LogP contribution in [0.25, 0.3) is 0 Å². The number of piperazine rings is 1. The lowest BCUT2D eigenvalue weighted by molar-refractivity contribution is -0.133. The number of aryl methyl sites for hydroxylation is 2. The molecule has 3 rings (SSSR count). The topological polar surface area (TPSA) is 36.4 Å². The second-order valence-corrected chi connectivity index (χ2v) is 6.49. The zero-order valence-corrected chi connectivity index (χ0v) is 14.5. The molecule has 1 aromatic carbocycles. The van der Waals surface area contributed by atoms with Gasteiger partial charge in [0.25, 0.3) is 0 Å². The summed E-state index contributed by atoms with van der Waals surface area (Å²) in [6, 6.07) is 14.5. The molecule has 24 heavy (non-hydrogen) atoms. The smallest absolute Gasteiger partial charge is 0.223 e. The largest absolute Gasteiger partial charge is 0.367 e. The van der Waals surface area contributed by atoms with Crippen molar-refractivity contribution in [2.24, 2.45) is 0 Å². The minimum absolute atomic E-state index is 0.231. The lowest BCUT2D eigenvalue weighted by atomic mass is 10.1. The van der Waals surface area contributed by atoms with Crippen molar-refractivity contribution in [1.29, 1.82) is 0 Å². The second-order valence-electron chi connectivity index (χ2n) is 6.49. The predicted octanol–water partition coefficient (Wildman–Crippen LogP) is 3.06. The molecule has 1 atom stereocenters. The van der Waals surface area contributed by atoms with E-state index in [4.69, 9.17) is 0 Å². The van der Waals surface area contributed by atoms with Gasteiger partial charge in [-0.15, -0.1) is 0 Å². The fraction of sp³-hybridized carbons (Fsp3) is 0.400. The third kappa shape index (κ3) is 3.75. The van der Waals surface area contributed by atoms with Crippen LogP contribution in [-0.2, 0) is 11.2 Å². The summed E-state index contributed by atoms with van der Waals surface area (Å²) in [6.07, 6.45) is 3.03. The first-order valence-corrected chi connectivity index (χ1v) is 8.65. The molecule has 1 amide bonds. The number of benzene rings is 1. The van der Waals surface area contributed by atoms with Crippen LogP contribution in [0.15, 0.2) is 48.7 Å². The minimum atomic E-state index is 0.231. The Labute approximate surface area is 144 Å². The van der Waals surface area contributed by atoms with Gasteiger partial charge in [-0.2, -0.15) is 0 Å². The molecule has 126 valence electrons. The maximum atomic E-state index is 12.6. The minimum Gasteiger partial charge on any atom is -0.367 e. The average molecular weight is 323 g/mol. The molecule has 0 bridgehead atoms. The fourth-order valence-electron chi connectivity index (χ4n) is 3.39. The van der Waals surface area contributed by atoms with Gasteiger partial charge in [-0.3, -0.25) is 9.78 Å². The van der Waals surface area contributed by atoms with Gasteiger partial charge in [-0.25, -0.2) is 0 Å². The number of nitrogens with zero attached hydrogens (tertiary/aromatic N) is 3. The number of para-hydroxylation sites is 1. The molecule has 1 aliphatic rings. The van der Waals surface area contributed by atoms with Crippen LogP contribution in [0.3, 0.4) is 0 Å². The molecule has 1 aromatic heterocycles. The molecule has 0 spiro atoms. The van der Waals surface area contributed by atoms with Gasteiger partial charge < -0.3 is 9.80 Å². The molecule has 2 aromatic rings. The van der Waals surface area contributed by atoms with Crippen LogP contribution in [0, 0.1) is 6.92 Å². The molecular weight excluding hydrogens is 298 g/mol. The molecular formula is C20H25N3O. The number of rotatable bonds is 4. The van der Waals surface area contributed by atoms with Crippen LogP contribution in [0.1, 0.15) is 24.6 Å². The lowest BCUT2D eigenvalue weighted by Gasteiger charge is -2.41. The Morgan fingerprint density at radius 3 is 2.67 bits per heavy atom. The standard InChI is InChI=1S/C20H25N3O/c1-16-7-3-4-9-19(16)22-13-14-23(17(2)15-22)20(24)11-10-18-8-5-6-12-21-18/h3-9,12,17H,10-11,13-15H2,1-2H3/t17-/m1/s1. The van der Waals surface area contributed by atoms with Crippen molar-refractivity contribution < 1.29 is 4.79 Å². The molecule has 4 heteroatoms. The Balaban J connectivity index is 1.57. The first-order valence-electron chi connectivity index (χ1n) is 8.65. The van der Waals surface area contributed by atoms with E-state index in [0.29, 0.717) is 12.8 Å². The number of amides is 1. The SMILES string of the molecule is Cc1ccccc1N1CCN(C(=O)CCc2ccccn2)[C@H](C)C1. The first kappa shape index (κ1) is 16.5. The quantitative estimate of drug-likeness (QED) is 0.868. The van der Waals surface area contributed by atoms with E-state index in [1.165, 1.54) is 11.3 Å². The van der Waals surface area contributed by atoms with E-state index < -0.39 is 0 Å². The Morgan fingerprint density at radius 2 is 1.96 bits per heavy atom. The third-order valence-electron chi connectivity index (χ3n) is 4.73. The van der Waals surface area contributed by atoms with Crippen LogP contribution in [0.4, 0.5) is 5.69 Å². The summed E-state index contributed by atoms with van der Waals surface area (Å²) < 4.78 is 0. The van der Waals surface area contributed by atoms with Gasteiger partial charge in [0.2, 0.25) is 5.91 Å². The van der Waals surface area contributed by atoms with Crippen molar-refractivity contribution in [1.82, 2.24) is 9.88 Å². The van der Waals surface area contributed by atoms with E-state index in [1.54, 1.807) is 6.20 Å². The predicted molar refractivity (Wildman–Crippen MR) is 97.1 cm³/mol. The molecule has 0 radical (unpaired) electrons. The van der Waals surface area contributed by atoms with Crippen molar-refractivity contribution in [3.05, 3.63) is 59.9 Å². The number of carbonyl (C=O) groups excluding carboxylic acids is 1. The number of anilines is 1. The van der Waals surface area contributed by atoms with E-state index in [0.717, 1.165) is 25.3 Å². The van der Waals surface area contributed by atoms with Gasteiger partial charge in [-0.05, 0) is 44.0 Å².